The van der Waals surface area contributed by atoms with Gasteiger partial charge in [-0.2, -0.15) is 0 Å². The van der Waals surface area contributed by atoms with Gasteiger partial charge in [-0.3, -0.25) is 14.8 Å². The van der Waals surface area contributed by atoms with Crippen molar-refractivity contribution in [3.05, 3.63) is 24.3 Å². The molecule has 1 aromatic rings. The third kappa shape index (κ3) is 3.78. The third-order valence-electron chi connectivity index (χ3n) is 3.09. The molecule has 12 heteroatoms. The Labute approximate surface area is 132 Å². The van der Waals surface area contributed by atoms with Crippen molar-refractivity contribution in [3.63, 3.8) is 0 Å². The van der Waals surface area contributed by atoms with Crippen molar-refractivity contribution in [1.82, 2.24) is 10.6 Å². The molecule has 1 aliphatic rings. The minimum Gasteiger partial charge on any atom is -0.333 e. The lowest BCUT2D eigenvalue weighted by Crippen LogP contribution is -2.63. The number of nitrogens with two attached hydrogens (primary N) is 1. The third-order valence-corrected chi connectivity index (χ3v) is 5.83. The zero-order valence-electron chi connectivity index (χ0n) is 11.8. The summed E-state index contributed by atoms with van der Waals surface area (Å²) in [5.41, 5.74) is 0.0503. The Morgan fingerprint density at radius 2 is 1.65 bits per heavy atom. The lowest BCUT2D eigenvalue weighted by Gasteiger charge is -2.28. The van der Waals surface area contributed by atoms with Crippen LogP contribution in [0.1, 0.15) is 6.92 Å². The van der Waals surface area contributed by atoms with Crippen LogP contribution in [0.25, 0.3) is 0 Å². The largest absolute Gasteiger partial charge is 0.333 e. The second-order valence-corrected chi connectivity index (χ2v) is 8.25. The number of nitrogens with one attached hydrogen (secondary N) is 3. The van der Waals surface area contributed by atoms with E-state index in [1.54, 1.807) is 0 Å². The van der Waals surface area contributed by atoms with Crippen LogP contribution >= 0.6 is 0 Å². The van der Waals surface area contributed by atoms with Gasteiger partial charge in [-0.1, -0.05) is 0 Å². The molecule has 2 atom stereocenters. The zero-order chi connectivity index (χ0) is 17.4. The monoisotopic (exact) mass is 362 g/mol. The Balaban J connectivity index is 2.24. The van der Waals surface area contributed by atoms with E-state index in [-0.39, 0.29) is 10.6 Å². The van der Waals surface area contributed by atoms with Gasteiger partial charge in [0.1, 0.15) is 0 Å². The van der Waals surface area contributed by atoms with Crippen LogP contribution in [0.15, 0.2) is 29.2 Å². The molecule has 2 unspecified atom stereocenters. The first-order valence-corrected chi connectivity index (χ1v) is 9.36. The molecule has 1 saturated heterocycles. The molecule has 23 heavy (non-hydrogen) atoms. The smallest absolute Gasteiger partial charge is 0.321 e. The minimum atomic E-state index is -4.16. The molecule has 2 rings (SSSR count). The maximum Gasteiger partial charge on any atom is 0.321 e. The number of urea groups is 1. The summed E-state index contributed by atoms with van der Waals surface area (Å²) in [6, 6.07) is 2.94. The first kappa shape index (κ1) is 17.2. The van der Waals surface area contributed by atoms with Gasteiger partial charge in [0.2, 0.25) is 26.0 Å². The Morgan fingerprint density at radius 1 is 1.09 bits per heavy atom. The van der Waals surface area contributed by atoms with E-state index >= 15 is 0 Å². The maximum absolute atomic E-state index is 12.3. The second kappa shape index (κ2) is 5.79. The lowest BCUT2D eigenvalue weighted by atomic mass is 10.2. The maximum atomic E-state index is 12.3. The highest BCUT2D eigenvalue weighted by Crippen LogP contribution is 2.18. The van der Waals surface area contributed by atoms with Crippen LogP contribution in [0.2, 0.25) is 0 Å². The number of carbonyl (C=O) groups is 2. The van der Waals surface area contributed by atoms with E-state index in [1.165, 1.54) is 19.1 Å². The van der Waals surface area contributed by atoms with E-state index < -0.39 is 43.3 Å². The molecule has 0 aliphatic carbocycles. The number of rotatable bonds is 4. The minimum absolute atomic E-state index is 0.0503. The molecule has 10 nitrogen and oxygen atoms in total. The van der Waals surface area contributed by atoms with Crippen molar-refractivity contribution in [3.8, 4) is 0 Å². The Hall–Kier alpha value is -2.18. The number of amides is 3. The zero-order valence-corrected chi connectivity index (χ0v) is 13.4. The number of hydrogen-bond acceptors (Lipinski definition) is 6. The van der Waals surface area contributed by atoms with Crippen LogP contribution in [-0.4, -0.2) is 40.1 Å². The molecule has 5 N–H and O–H groups in total. The quantitative estimate of drug-likeness (QED) is 0.518. The Kier molecular flexibility index (Phi) is 4.32. The fraction of sp³-hybridized carbons (Fsp3) is 0.273. The number of sulfonamides is 2. The first-order chi connectivity index (χ1) is 10.5. The molecule has 0 bridgehead atoms. The summed E-state index contributed by atoms with van der Waals surface area (Å²) < 4.78 is 49.0. The Bertz CT molecular complexity index is 847. The highest BCUT2D eigenvalue weighted by atomic mass is 32.2. The molecule has 0 radical (unpaired) electrons. The van der Waals surface area contributed by atoms with Gasteiger partial charge in [-0.05, 0) is 31.2 Å². The van der Waals surface area contributed by atoms with E-state index in [0.717, 1.165) is 12.1 Å². The SMILES string of the molecule is CC1NC(=O)NC(=O)C1S(=O)(=O)Nc1ccc(S(N)(=O)=O)cc1. The van der Waals surface area contributed by atoms with Crippen LogP contribution in [-0.2, 0) is 24.8 Å². The number of hydrogen-bond donors (Lipinski definition) is 4. The lowest BCUT2D eigenvalue weighted by molar-refractivity contribution is -0.120. The summed E-state index contributed by atoms with van der Waals surface area (Å²) >= 11 is 0. The highest BCUT2D eigenvalue weighted by Gasteiger charge is 2.42. The van der Waals surface area contributed by atoms with Crippen LogP contribution < -0.4 is 20.5 Å². The van der Waals surface area contributed by atoms with Crippen molar-refractivity contribution in [2.75, 3.05) is 4.72 Å². The van der Waals surface area contributed by atoms with Gasteiger partial charge in [0.25, 0.3) is 0 Å². The predicted molar refractivity (Wildman–Crippen MR) is 80.3 cm³/mol. The van der Waals surface area contributed by atoms with Gasteiger partial charge in [0, 0.05) is 5.69 Å². The van der Waals surface area contributed by atoms with Crippen molar-refractivity contribution < 1.29 is 26.4 Å². The van der Waals surface area contributed by atoms with Crippen molar-refractivity contribution >= 4 is 37.7 Å². The van der Waals surface area contributed by atoms with Crippen molar-refractivity contribution in [2.24, 2.45) is 5.14 Å². The van der Waals surface area contributed by atoms with Crippen LogP contribution in [0.4, 0.5) is 10.5 Å². The van der Waals surface area contributed by atoms with Crippen LogP contribution in [0, 0.1) is 0 Å². The summed E-state index contributed by atoms with van der Waals surface area (Å²) in [5.74, 6) is -0.949. The average Bonchev–Trinajstić information content (AvgIpc) is 2.35. The number of carbonyl (C=O) groups excluding carboxylic acids is 2. The topological polar surface area (TPSA) is 165 Å². The molecule has 1 aliphatic heterocycles. The first-order valence-electron chi connectivity index (χ1n) is 6.26. The van der Waals surface area contributed by atoms with Gasteiger partial charge in [-0.25, -0.2) is 26.8 Å². The van der Waals surface area contributed by atoms with Gasteiger partial charge in [0.15, 0.2) is 5.25 Å². The Morgan fingerprint density at radius 3 is 2.13 bits per heavy atom. The van der Waals surface area contributed by atoms with Crippen LogP contribution in [0.3, 0.4) is 0 Å². The molecule has 0 aromatic heterocycles. The number of benzene rings is 1. The van der Waals surface area contributed by atoms with E-state index in [9.17, 15) is 26.4 Å². The molecular formula is C11H14N4O6S2. The van der Waals surface area contributed by atoms with E-state index in [4.69, 9.17) is 5.14 Å². The van der Waals surface area contributed by atoms with Crippen LogP contribution in [0.5, 0.6) is 0 Å². The standard InChI is InChI=1S/C11H14N4O6S2/c1-6-9(10(16)14-11(17)13-6)23(20,21)15-7-2-4-8(5-3-7)22(12,18)19/h2-6,9,15H,1H3,(H2,12,18,19)(H2,13,14,16,17). The second-order valence-electron chi connectivity index (χ2n) is 4.89. The molecule has 126 valence electrons. The summed E-state index contributed by atoms with van der Waals surface area (Å²) in [6.07, 6.45) is 0. The molecule has 3 amide bonds. The number of anilines is 1. The van der Waals surface area contributed by atoms with E-state index in [2.05, 4.69) is 10.0 Å². The summed E-state index contributed by atoms with van der Waals surface area (Å²) in [6.45, 7) is 1.38. The predicted octanol–water partition coefficient (Wildman–Crippen LogP) is -1.33. The highest BCUT2D eigenvalue weighted by molar-refractivity contribution is 7.94. The average molecular weight is 362 g/mol. The van der Waals surface area contributed by atoms with Crippen molar-refractivity contribution in [2.45, 2.75) is 23.1 Å². The fourth-order valence-electron chi connectivity index (χ4n) is 2.08. The molecular weight excluding hydrogens is 348 g/mol. The van der Waals surface area contributed by atoms with Gasteiger partial charge >= 0.3 is 6.03 Å². The van der Waals surface area contributed by atoms with Crippen molar-refractivity contribution in [1.29, 1.82) is 0 Å². The molecule has 1 heterocycles. The molecule has 1 aromatic carbocycles. The molecule has 0 saturated carbocycles. The normalized spacial score (nSPS) is 22.2. The molecule has 1 fully saturated rings. The fourth-order valence-corrected chi connectivity index (χ4v) is 4.13. The van der Waals surface area contributed by atoms with Gasteiger partial charge in [-0.15, -0.1) is 0 Å². The summed E-state index contributed by atoms with van der Waals surface area (Å²) in [5, 5.41) is 7.58. The van der Waals surface area contributed by atoms with Gasteiger partial charge < -0.3 is 5.32 Å². The summed E-state index contributed by atoms with van der Waals surface area (Å²) in [4.78, 5) is 22.7. The summed E-state index contributed by atoms with van der Waals surface area (Å²) in [7, 11) is -8.06. The van der Waals surface area contributed by atoms with E-state index in [0.29, 0.717) is 0 Å². The van der Waals surface area contributed by atoms with E-state index in [1.807, 2.05) is 5.32 Å². The van der Waals surface area contributed by atoms with Gasteiger partial charge in [0.05, 0.1) is 10.9 Å². The number of imide groups is 1. The molecule has 0 spiro atoms. The number of primary sulfonamides is 1.